The number of nitrogens with one attached hydrogen (secondary N) is 1. The molecule has 6 heteroatoms. The highest BCUT2D eigenvalue weighted by atomic mass is 35.5. The van der Waals surface area contributed by atoms with Crippen molar-refractivity contribution in [3.8, 4) is 0 Å². The molecule has 1 rings (SSSR count). The molecule has 1 aromatic carbocycles. The van der Waals surface area contributed by atoms with E-state index < -0.39 is 0 Å². The van der Waals surface area contributed by atoms with Crippen LogP contribution in [0.3, 0.4) is 0 Å². The van der Waals surface area contributed by atoms with Gasteiger partial charge in [0, 0.05) is 10.6 Å². The minimum Gasteiger partial charge on any atom is -0.294 e. The molecule has 0 atom stereocenters. The topological polar surface area (TPSA) is 55.1 Å². The Bertz CT molecular complexity index is 368. The fraction of sp³-hybridized carbons (Fsp3) is 0.125. The molecule has 1 aromatic rings. The van der Waals surface area contributed by atoms with Crippen LogP contribution in [0.5, 0.6) is 0 Å². The molecule has 14 heavy (non-hydrogen) atoms. The van der Waals surface area contributed by atoms with Gasteiger partial charge in [0.2, 0.25) is 5.91 Å². The van der Waals surface area contributed by atoms with E-state index in [0.29, 0.717) is 15.6 Å². The van der Waals surface area contributed by atoms with Crippen LogP contribution in [0.4, 0.5) is 0 Å². The zero-order valence-corrected chi connectivity index (χ0v) is 9.25. The Hall–Kier alpha value is -0.480. The van der Waals surface area contributed by atoms with E-state index in [0.717, 1.165) is 0 Å². The van der Waals surface area contributed by atoms with E-state index in [-0.39, 0.29) is 17.4 Å². The molecule has 0 saturated heterocycles. The Kier molecular flexibility index (Phi) is 4.01. The SMILES string of the molecule is NNC(=O)Cc1c(Cl)ccc(Cl)c1Cl. The van der Waals surface area contributed by atoms with E-state index >= 15 is 0 Å². The lowest BCUT2D eigenvalue weighted by Gasteiger charge is -2.06. The third kappa shape index (κ3) is 2.51. The summed E-state index contributed by atoms with van der Waals surface area (Å²) in [4.78, 5) is 11.0. The van der Waals surface area contributed by atoms with Crippen molar-refractivity contribution in [1.82, 2.24) is 5.43 Å². The average Bonchev–Trinajstić information content (AvgIpc) is 2.18. The van der Waals surface area contributed by atoms with Crippen LogP contribution in [0.25, 0.3) is 0 Å². The molecule has 0 fully saturated rings. The third-order valence-electron chi connectivity index (χ3n) is 1.64. The quantitative estimate of drug-likeness (QED) is 0.367. The van der Waals surface area contributed by atoms with E-state index in [9.17, 15) is 4.79 Å². The molecule has 3 N–H and O–H groups in total. The molecule has 1 amide bonds. The Morgan fingerprint density at radius 1 is 1.29 bits per heavy atom. The van der Waals surface area contributed by atoms with E-state index in [1.165, 1.54) is 0 Å². The number of rotatable bonds is 2. The molecule has 0 spiro atoms. The summed E-state index contributed by atoms with van der Waals surface area (Å²) in [6.45, 7) is 0. The monoisotopic (exact) mass is 252 g/mol. The van der Waals surface area contributed by atoms with Gasteiger partial charge in [-0.1, -0.05) is 34.8 Å². The van der Waals surface area contributed by atoms with Gasteiger partial charge in [-0.25, -0.2) is 5.84 Å². The van der Waals surface area contributed by atoms with Crippen LogP contribution in [0.1, 0.15) is 5.56 Å². The number of hydrazine groups is 1. The van der Waals surface area contributed by atoms with Gasteiger partial charge >= 0.3 is 0 Å². The summed E-state index contributed by atoms with van der Waals surface area (Å²) in [6, 6.07) is 3.14. The number of halogens is 3. The van der Waals surface area contributed by atoms with Gasteiger partial charge in [-0.3, -0.25) is 10.2 Å². The van der Waals surface area contributed by atoms with Crippen molar-refractivity contribution in [3.05, 3.63) is 32.8 Å². The molecular weight excluding hydrogens is 246 g/mol. The van der Waals surface area contributed by atoms with Crippen molar-refractivity contribution in [3.63, 3.8) is 0 Å². The Morgan fingerprint density at radius 3 is 2.43 bits per heavy atom. The first-order valence-electron chi connectivity index (χ1n) is 3.68. The Morgan fingerprint density at radius 2 is 1.86 bits per heavy atom. The summed E-state index contributed by atoms with van der Waals surface area (Å²) in [5.41, 5.74) is 2.46. The molecule has 0 bridgehead atoms. The van der Waals surface area contributed by atoms with E-state index in [1.807, 2.05) is 5.43 Å². The van der Waals surface area contributed by atoms with Crippen molar-refractivity contribution >= 4 is 40.7 Å². The highest BCUT2D eigenvalue weighted by Crippen LogP contribution is 2.31. The largest absolute Gasteiger partial charge is 0.294 e. The van der Waals surface area contributed by atoms with Crippen molar-refractivity contribution in [1.29, 1.82) is 0 Å². The highest BCUT2D eigenvalue weighted by Gasteiger charge is 2.12. The van der Waals surface area contributed by atoms with Crippen molar-refractivity contribution in [2.75, 3.05) is 0 Å². The van der Waals surface area contributed by atoms with Gasteiger partial charge in [-0.15, -0.1) is 0 Å². The third-order valence-corrected chi connectivity index (χ3v) is 2.83. The number of nitrogens with two attached hydrogens (primary N) is 1. The first-order chi connectivity index (χ1) is 6.56. The number of amides is 1. The van der Waals surface area contributed by atoms with Gasteiger partial charge in [0.15, 0.2) is 0 Å². The molecule has 0 aliphatic heterocycles. The minimum atomic E-state index is -0.379. The fourth-order valence-corrected chi connectivity index (χ4v) is 1.62. The zero-order valence-electron chi connectivity index (χ0n) is 6.98. The van der Waals surface area contributed by atoms with Gasteiger partial charge in [-0.05, 0) is 12.1 Å². The van der Waals surface area contributed by atoms with Gasteiger partial charge in [0.1, 0.15) is 0 Å². The van der Waals surface area contributed by atoms with Gasteiger partial charge in [0.25, 0.3) is 0 Å². The van der Waals surface area contributed by atoms with Gasteiger partial charge < -0.3 is 0 Å². The van der Waals surface area contributed by atoms with E-state index in [4.69, 9.17) is 40.6 Å². The summed E-state index contributed by atoms with van der Waals surface area (Å²) in [5.74, 6) is 4.56. The second-order valence-electron chi connectivity index (χ2n) is 2.57. The van der Waals surface area contributed by atoms with Crippen LogP contribution >= 0.6 is 34.8 Å². The van der Waals surface area contributed by atoms with Crippen LogP contribution < -0.4 is 11.3 Å². The van der Waals surface area contributed by atoms with Crippen LogP contribution in [0, 0.1) is 0 Å². The fourth-order valence-electron chi connectivity index (χ4n) is 0.943. The van der Waals surface area contributed by atoms with Crippen molar-refractivity contribution in [2.24, 2.45) is 5.84 Å². The zero-order chi connectivity index (χ0) is 10.7. The summed E-state index contributed by atoms with van der Waals surface area (Å²) in [7, 11) is 0. The predicted octanol–water partition coefficient (Wildman–Crippen LogP) is 2.18. The molecule has 0 aromatic heterocycles. The molecule has 0 saturated carbocycles. The second-order valence-corrected chi connectivity index (χ2v) is 3.76. The average molecular weight is 254 g/mol. The lowest BCUT2D eigenvalue weighted by molar-refractivity contribution is -0.120. The maximum Gasteiger partial charge on any atom is 0.238 e. The highest BCUT2D eigenvalue weighted by molar-refractivity contribution is 6.44. The standard InChI is InChI=1S/C8H7Cl3N2O/c9-5-1-2-6(10)8(11)4(5)3-7(14)13-12/h1-2H,3,12H2,(H,13,14). The number of hydrogen-bond acceptors (Lipinski definition) is 2. The maximum atomic E-state index is 11.0. The Labute approximate surface area is 96.1 Å². The smallest absolute Gasteiger partial charge is 0.238 e. The molecule has 0 aliphatic rings. The van der Waals surface area contributed by atoms with Crippen LogP contribution in [0.2, 0.25) is 15.1 Å². The summed E-state index contributed by atoms with van der Waals surface area (Å²) >= 11 is 17.5. The van der Waals surface area contributed by atoms with Crippen molar-refractivity contribution in [2.45, 2.75) is 6.42 Å². The second kappa shape index (κ2) is 4.84. The lowest BCUT2D eigenvalue weighted by Crippen LogP contribution is -2.31. The first kappa shape index (κ1) is 11.6. The van der Waals surface area contributed by atoms with Crippen LogP contribution in [0.15, 0.2) is 12.1 Å². The molecular formula is C8H7Cl3N2O. The van der Waals surface area contributed by atoms with Crippen LogP contribution in [-0.4, -0.2) is 5.91 Å². The number of benzene rings is 1. The molecule has 0 radical (unpaired) electrons. The normalized spacial score (nSPS) is 10.0. The molecule has 0 aliphatic carbocycles. The molecule has 0 heterocycles. The maximum absolute atomic E-state index is 11.0. The summed E-state index contributed by atoms with van der Waals surface area (Å²) in [6.07, 6.45) is 0.00866. The number of hydrogen-bond donors (Lipinski definition) is 2. The number of carbonyl (C=O) groups excluding carboxylic acids is 1. The van der Waals surface area contributed by atoms with Gasteiger partial charge in [0.05, 0.1) is 16.5 Å². The summed E-state index contributed by atoms with van der Waals surface area (Å²) in [5, 5.41) is 1.03. The van der Waals surface area contributed by atoms with Gasteiger partial charge in [-0.2, -0.15) is 0 Å². The Balaban J connectivity index is 3.06. The van der Waals surface area contributed by atoms with E-state index in [2.05, 4.69) is 0 Å². The molecule has 3 nitrogen and oxygen atoms in total. The van der Waals surface area contributed by atoms with Crippen LogP contribution in [-0.2, 0) is 11.2 Å². The molecule has 76 valence electrons. The lowest BCUT2D eigenvalue weighted by atomic mass is 10.1. The van der Waals surface area contributed by atoms with E-state index in [1.54, 1.807) is 12.1 Å². The van der Waals surface area contributed by atoms with Crippen molar-refractivity contribution < 1.29 is 4.79 Å². The molecule has 0 unspecified atom stereocenters. The summed E-state index contributed by atoms with van der Waals surface area (Å²) < 4.78 is 0. The minimum absolute atomic E-state index is 0.00866. The first-order valence-corrected chi connectivity index (χ1v) is 4.81. The number of carbonyl (C=O) groups is 1. The predicted molar refractivity (Wildman–Crippen MR) is 57.5 cm³/mol.